The van der Waals surface area contributed by atoms with Crippen molar-refractivity contribution in [1.82, 2.24) is 40.4 Å². The molecule has 5 heterocycles. The van der Waals surface area contributed by atoms with Crippen molar-refractivity contribution in [3.05, 3.63) is 70.7 Å². The highest BCUT2D eigenvalue weighted by Gasteiger charge is 2.39. The van der Waals surface area contributed by atoms with Crippen molar-refractivity contribution in [2.45, 2.75) is 96.8 Å². The molecule has 0 unspecified atom stereocenters. The van der Waals surface area contributed by atoms with Crippen molar-refractivity contribution in [3.63, 3.8) is 0 Å². The van der Waals surface area contributed by atoms with E-state index in [2.05, 4.69) is 25.6 Å². The van der Waals surface area contributed by atoms with Gasteiger partial charge in [-0.05, 0) is 74.3 Å². The number of methoxy groups -OCH3 is 2. The molecule has 0 bridgehead atoms. The Labute approximate surface area is 347 Å². The number of alkyl carbamates (subject to hydrolysis) is 2. The van der Waals surface area contributed by atoms with Gasteiger partial charge in [0.15, 0.2) is 0 Å². The van der Waals surface area contributed by atoms with Gasteiger partial charge in [0.2, 0.25) is 17.2 Å². The molecular weight excluding hydrogens is 769 g/mol. The van der Waals surface area contributed by atoms with Gasteiger partial charge in [-0.3, -0.25) is 14.4 Å². The fourth-order valence-electron chi connectivity index (χ4n) is 8.38. The normalized spacial score (nSPS) is 18.8. The number of carbonyl (C=O) groups is 4. The van der Waals surface area contributed by atoms with Crippen molar-refractivity contribution in [2.24, 2.45) is 11.8 Å². The van der Waals surface area contributed by atoms with E-state index >= 15 is 0 Å². The van der Waals surface area contributed by atoms with Gasteiger partial charge >= 0.3 is 12.2 Å². The molecule has 2 aliphatic heterocycles. The SMILES string of the molecule is CC[C@H](C)[C@H](NC(=O)OC)C(=O)N1CCCC[C@H]1c1ncc(-c2ccc3oc4cc(-c5cnc([C@@H]6CCCN6C(=O)[C@@H](NC(=O)OC)[C@@H](C)CC)[nH]5)ccc4c(=O)c3c2)[nH]1. The van der Waals surface area contributed by atoms with Crippen LogP contribution in [-0.4, -0.2) is 93.1 Å². The number of benzene rings is 2. The van der Waals surface area contributed by atoms with Crippen LogP contribution in [0.15, 0.2) is 58.0 Å². The lowest BCUT2D eigenvalue weighted by atomic mass is 9.94. The zero-order valence-corrected chi connectivity index (χ0v) is 35.0. The van der Waals surface area contributed by atoms with Crippen LogP contribution in [0.3, 0.4) is 0 Å². The van der Waals surface area contributed by atoms with Crippen molar-refractivity contribution in [3.8, 4) is 22.5 Å². The molecule has 60 heavy (non-hydrogen) atoms. The van der Waals surface area contributed by atoms with E-state index in [1.807, 2.05) is 45.9 Å². The number of hydrogen-bond acceptors (Lipinski definition) is 10. The number of rotatable bonds is 12. The predicted molar refractivity (Wildman–Crippen MR) is 225 cm³/mol. The maximum absolute atomic E-state index is 14.0. The molecule has 4 amide bonds. The fraction of sp³-hybridized carbons (Fsp3) is 0.477. The summed E-state index contributed by atoms with van der Waals surface area (Å²) in [5.41, 5.74) is 3.56. The number of nitrogens with zero attached hydrogens (tertiary/aromatic N) is 4. The minimum atomic E-state index is -0.730. The molecule has 16 nitrogen and oxygen atoms in total. The molecule has 2 saturated heterocycles. The summed E-state index contributed by atoms with van der Waals surface area (Å²) < 4.78 is 15.9. The number of ether oxygens (including phenoxy) is 2. The highest BCUT2D eigenvalue weighted by atomic mass is 16.5. The summed E-state index contributed by atoms with van der Waals surface area (Å²) >= 11 is 0. The van der Waals surface area contributed by atoms with Gasteiger partial charge in [-0.2, -0.15) is 0 Å². The lowest BCUT2D eigenvalue weighted by Gasteiger charge is -2.38. The van der Waals surface area contributed by atoms with E-state index in [4.69, 9.17) is 18.9 Å². The largest absolute Gasteiger partial charge is 0.456 e. The lowest BCUT2D eigenvalue weighted by molar-refractivity contribution is -0.139. The molecule has 0 radical (unpaired) electrons. The lowest BCUT2D eigenvalue weighted by Crippen LogP contribution is -2.53. The maximum Gasteiger partial charge on any atom is 0.407 e. The fourth-order valence-corrected chi connectivity index (χ4v) is 8.38. The van der Waals surface area contributed by atoms with Crippen molar-refractivity contribution < 1.29 is 33.1 Å². The third-order valence-corrected chi connectivity index (χ3v) is 12.3. The van der Waals surface area contributed by atoms with Crippen molar-refractivity contribution in [2.75, 3.05) is 27.3 Å². The Morgan fingerprint density at radius 3 is 1.80 bits per heavy atom. The highest BCUT2D eigenvalue weighted by Crippen LogP contribution is 2.35. The molecule has 16 heteroatoms. The minimum Gasteiger partial charge on any atom is -0.456 e. The average Bonchev–Trinajstić information content (AvgIpc) is 4.08. The first kappa shape index (κ1) is 42.0. The number of aromatic amines is 2. The molecule has 2 aromatic carbocycles. The number of piperidine rings is 1. The summed E-state index contributed by atoms with van der Waals surface area (Å²) in [4.78, 5) is 85.7. The molecule has 0 spiro atoms. The zero-order chi connectivity index (χ0) is 42.7. The summed E-state index contributed by atoms with van der Waals surface area (Å²) in [5, 5.41) is 6.30. The number of hydrogen-bond donors (Lipinski definition) is 4. The van der Waals surface area contributed by atoms with Gasteiger partial charge in [-0.1, -0.05) is 46.6 Å². The predicted octanol–water partition coefficient (Wildman–Crippen LogP) is 6.98. The number of amides is 4. The zero-order valence-electron chi connectivity index (χ0n) is 35.0. The summed E-state index contributed by atoms with van der Waals surface area (Å²) in [6, 6.07) is 8.77. The molecule has 0 aliphatic carbocycles. The topological polar surface area (TPSA) is 205 Å². The standard InChI is InChI=1S/C44H54N8O8/c1-7-24(3)36(49-43(56)58-5)41(54)51-18-10-9-12-32(51)39-45-22-30(47-39)26-15-17-34-29(20-26)38(53)28-16-14-27(21-35(28)60-34)31-23-46-40(48-31)33-13-11-19-52(33)42(55)37(25(4)8-2)50-44(57)59-6/h14-17,20-25,32-33,36-37H,7-13,18-19H2,1-6H3,(H,45,47)(H,46,48)(H,49,56)(H,50,57)/t24-,25-,32-,33-,36-,37-/m0/s1. The highest BCUT2D eigenvalue weighted by molar-refractivity contribution is 5.93. The Bertz CT molecular complexity index is 2440. The molecule has 5 aromatic rings. The Morgan fingerprint density at radius 1 is 0.733 bits per heavy atom. The van der Waals surface area contributed by atoms with Gasteiger partial charge in [0.05, 0.1) is 60.9 Å². The van der Waals surface area contributed by atoms with Crippen LogP contribution < -0.4 is 16.1 Å². The van der Waals surface area contributed by atoms with E-state index in [-0.39, 0.29) is 41.2 Å². The van der Waals surface area contributed by atoms with Gasteiger partial charge < -0.3 is 44.3 Å². The average molecular weight is 823 g/mol. The third-order valence-electron chi connectivity index (χ3n) is 12.3. The summed E-state index contributed by atoms with van der Waals surface area (Å²) in [7, 11) is 2.56. The van der Waals surface area contributed by atoms with Crippen LogP contribution in [0.4, 0.5) is 9.59 Å². The van der Waals surface area contributed by atoms with E-state index in [0.29, 0.717) is 77.3 Å². The van der Waals surface area contributed by atoms with Gasteiger partial charge in [-0.25, -0.2) is 19.6 Å². The Morgan fingerprint density at radius 2 is 1.25 bits per heavy atom. The number of aromatic nitrogens is 4. The molecule has 318 valence electrons. The van der Waals surface area contributed by atoms with Gasteiger partial charge in [0.25, 0.3) is 0 Å². The number of carbonyl (C=O) groups excluding carboxylic acids is 4. The minimum absolute atomic E-state index is 0.0952. The molecule has 3 aromatic heterocycles. The van der Waals surface area contributed by atoms with Crippen LogP contribution in [0.5, 0.6) is 0 Å². The smallest absolute Gasteiger partial charge is 0.407 e. The monoisotopic (exact) mass is 822 g/mol. The second-order valence-electron chi connectivity index (χ2n) is 15.9. The third kappa shape index (κ3) is 8.32. The van der Waals surface area contributed by atoms with E-state index in [0.717, 1.165) is 36.8 Å². The Kier molecular flexibility index (Phi) is 12.6. The number of H-pyrrole nitrogens is 2. The maximum atomic E-state index is 14.0. The molecule has 6 atom stereocenters. The van der Waals surface area contributed by atoms with Crippen LogP contribution in [0.2, 0.25) is 0 Å². The number of imidazole rings is 2. The van der Waals surface area contributed by atoms with Crippen LogP contribution in [-0.2, 0) is 19.1 Å². The Balaban J connectivity index is 1.11. The van der Waals surface area contributed by atoms with Crippen molar-refractivity contribution >= 4 is 45.9 Å². The Hall–Kier alpha value is -6.19. The van der Waals surface area contributed by atoms with Gasteiger partial charge in [-0.15, -0.1) is 0 Å². The van der Waals surface area contributed by atoms with Gasteiger partial charge in [0.1, 0.15) is 34.9 Å². The first-order valence-corrected chi connectivity index (χ1v) is 20.9. The number of nitrogens with one attached hydrogen (secondary N) is 4. The summed E-state index contributed by atoms with van der Waals surface area (Å²) in [6.45, 7) is 8.91. The van der Waals surface area contributed by atoms with Crippen LogP contribution in [0.25, 0.3) is 44.5 Å². The second-order valence-corrected chi connectivity index (χ2v) is 15.9. The van der Waals surface area contributed by atoms with E-state index in [1.165, 1.54) is 14.2 Å². The molecule has 2 fully saturated rings. The first-order valence-electron chi connectivity index (χ1n) is 20.9. The van der Waals surface area contributed by atoms with Crippen LogP contribution in [0.1, 0.15) is 96.4 Å². The molecule has 7 rings (SSSR count). The summed E-state index contributed by atoms with van der Waals surface area (Å²) in [5.74, 6) is 0.739. The van der Waals surface area contributed by atoms with Crippen molar-refractivity contribution in [1.29, 1.82) is 0 Å². The van der Waals surface area contributed by atoms with E-state index in [1.54, 1.807) is 40.4 Å². The molecule has 0 saturated carbocycles. The molecule has 4 N–H and O–H groups in total. The molecule has 2 aliphatic rings. The quantitative estimate of drug-likeness (QED) is 0.0950. The van der Waals surface area contributed by atoms with Crippen LogP contribution >= 0.6 is 0 Å². The number of fused-ring (bicyclic) bond motifs is 2. The first-order chi connectivity index (χ1) is 29.0. The van der Waals surface area contributed by atoms with E-state index < -0.39 is 24.3 Å². The van der Waals surface area contributed by atoms with Crippen LogP contribution in [0, 0.1) is 11.8 Å². The van der Waals surface area contributed by atoms with Gasteiger partial charge in [0, 0.05) is 24.2 Å². The summed E-state index contributed by atoms with van der Waals surface area (Å²) in [6.07, 6.45) is 7.54. The number of likely N-dealkylation sites (tertiary alicyclic amines) is 2. The molecular formula is C44H54N8O8. The second kappa shape index (κ2) is 18.0. The van der Waals surface area contributed by atoms with E-state index in [9.17, 15) is 24.0 Å².